The van der Waals surface area contributed by atoms with Gasteiger partial charge in [-0.25, -0.2) is 18.9 Å². The van der Waals surface area contributed by atoms with E-state index in [-0.39, 0.29) is 11.8 Å². The molecule has 4 rings (SSSR count). The van der Waals surface area contributed by atoms with Crippen LogP contribution in [0.4, 0.5) is 0 Å². The fourth-order valence-corrected chi connectivity index (χ4v) is 7.10. The molecule has 0 amide bonds. The molecule has 2 atom stereocenters. The summed E-state index contributed by atoms with van der Waals surface area (Å²) >= 11 is 0. The zero-order valence-corrected chi connectivity index (χ0v) is 30.7. The highest BCUT2D eigenvalue weighted by Gasteiger charge is 2.43. The van der Waals surface area contributed by atoms with Crippen molar-refractivity contribution in [1.82, 2.24) is 9.35 Å². The van der Waals surface area contributed by atoms with E-state index in [1.807, 2.05) is 72.9 Å². The number of methoxy groups -OCH3 is 2. The molecule has 3 heterocycles. The van der Waals surface area contributed by atoms with Gasteiger partial charge in [0.1, 0.15) is 5.60 Å². The molecule has 11 nitrogen and oxygen atoms in total. The van der Waals surface area contributed by atoms with Gasteiger partial charge in [0.15, 0.2) is 12.0 Å². The standard InChI is InChI=1S/C38H51N5O6/c1-12-40-43-32(24(4)5)30(36(45)48-11)26(7)34(43)38(9,28-19-16-20-39-21-28)49-22-41-42-31(23(2)3)29(35(44)47-10)25(6)33(42)37(8,46)27-17-14-13-15-18-27/h12,14,17-18,20-24,46H,13,15-16,19H2,1-11H3/b40-12-,41-22-. The average Bonchev–Trinajstić information content (AvgIpc) is 3.55. The maximum Gasteiger partial charge on any atom is 0.340 e. The number of aliphatic imine (C=N–C) groups is 1. The number of rotatable bonds is 12. The second kappa shape index (κ2) is 14.9. The second-order valence-corrected chi connectivity index (χ2v) is 13.4. The molecule has 1 aliphatic carbocycles. The van der Waals surface area contributed by atoms with E-state index in [0.29, 0.717) is 63.4 Å². The smallest absolute Gasteiger partial charge is 0.340 e. The topological polar surface area (TPSA) is 129 Å². The summed E-state index contributed by atoms with van der Waals surface area (Å²) in [5.41, 5.74) is 3.23. The van der Waals surface area contributed by atoms with Gasteiger partial charge in [-0.05, 0) is 94.4 Å². The predicted molar refractivity (Wildman–Crippen MR) is 193 cm³/mol. The minimum Gasteiger partial charge on any atom is -0.465 e. The first-order chi connectivity index (χ1) is 23.2. The molecule has 1 N–H and O–H groups in total. The lowest BCUT2D eigenvalue weighted by molar-refractivity contribution is 0.0588. The maximum atomic E-state index is 13.3. The van der Waals surface area contributed by atoms with Gasteiger partial charge in [0.2, 0.25) is 0 Å². The minimum absolute atomic E-state index is 0.0809. The van der Waals surface area contributed by atoms with E-state index >= 15 is 0 Å². The Balaban J connectivity index is 2.01. The van der Waals surface area contributed by atoms with E-state index in [2.05, 4.69) is 4.99 Å². The largest absolute Gasteiger partial charge is 0.465 e. The maximum absolute atomic E-state index is 13.3. The first-order valence-corrected chi connectivity index (χ1v) is 16.9. The van der Waals surface area contributed by atoms with Crippen LogP contribution in [-0.4, -0.2) is 59.4 Å². The van der Waals surface area contributed by atoms with Gasteiger partial charge >= 0.3 is 11.9 Å². The lowest BCUT2D eigenvalue weighted by atomic mass is 9.86. The Morgan fingerprint density at radius 1 is 0.918 bits per heavy atom. The van der Waals surface area contributed by atoms with Crippen LogP contribution in [0.2, 0.25) is 0 Å². The molecule has 11 heteroatoms. The number of aromatic nitrogens is 2. The molecule has 49 heavy (non-hydrogen) atoms. The zero-order valence-electron chi connectivity index (χ0n) is 30.7. The van der Waals surface area contributed by atoms with Crippen LogP contribution in [0.5, 0.6) is 0 Å². The number of nitrogens with zero attached hydrogens (tertiary/aromatic N) is 5. The Bertz CT molecular complexity index is 1780. The second-order valence-electron chi connectivity index (χ2n) is 13.4. The fraction of sp³-hybridized carbons (Fsp3) is 0.500. The molecule has 0 spiro atoms. The van der Waals surface area contributed by atoms with Gasteiger partial charge in [-0.3, -0.25) is 4.99 Å². The molecule has 0 radical (unpaired) electrons. The highest BCUT2D eigenvalue weighted by Crippen LogP contribution is 2.44. The molecule has 264 valence electrons. The Hall–Kier alpha value is -4.51. The van der Waals surface area contributed by atoms with Crippen LogP contribution >= 0.6 is 0 Å². The van der Waals surface area contributed by atoms with Crippen LogP contribution in [-0.2, 0) is 25.4 Å². The molecule has 2 aliphatic rings. The van der Waals surface area contributed by atoms with E-state index in [0.717, 1.165) is 18.4 Å². The summed E-state index contributed by atoms with van der Waals surface area (Å²) < 4.78 is 20.6. The summed E-state index contributed by atoms with van der Waals surface area (Å²) in [4.78, 5) is 31.0. The Labute approximate surface area is 289 Å². The summed E-state index contributed by atoms with van der Waals surface area (Å²) in [6.45, 7) is 17.0. The average molecular weight is 674 g/mol. The van der Waals surface area contributed by atoms with E-state index in [4.69, 9.17) is 24.4 Å². The van der Waals surface area contributed by atoms with Crippen molar-refractivity contribution < 1.29 is 28.9 Å². The van der Waals surface area contributed by atoms with Gasteiger partial charge in [0, 0.05) is 18.6 Å². The Kier molecular flexibility index (Phi) is 11.4. The molecular formula is C38H51N5O6. The number of hydrogen-bond acceptors (Lipinski definition) is 9. The van der Waals surface area contributed by atoms with Gasteiger partial charge in [-0.15, -0.1) is 5.10 Å². The van der Waals surface area contributed by atoms with Crippen molar-refractivity contribution in [2.75, 3.05) is 14.2 Å². The minimum atomic E-state index is -1.50. The number of ether oxygens (including phenoxy) is 3. The SMILES string of the molecule is C/C=N\n1c(C(C)C)c(C(=O)OC)c(C)c1C(C)(O/C=N\n1c(C(C)C)c(C(=O)OC)c(C)c1C(C)(O)C1=CCCC=C1)C1=CN=CCC1. The quantitative estimate of drug-likeness (QED) is 0.141. The van der Waals surface area contributed by atoms with E-state index in [1.165, 1.54) is 20.6 Å². The molecule has 0 saturated carbocycles. The van der Waals surface area contributed by atoms with Crippen molar-refractivity contribution in [3.63, 3.8) is 0 Å². The summed E-state index contributed by atoms with van der Waals surface area (Å²) in [5.74, 6) is -1.24. The van der Waals surface area contributed by atoms with Crippen molar-refractivity contribution in [3.8, 4) is 0 Å². The summed E-state index contributed by atoms with van der Waals surface area (Å²) in [5, 5.41) is 21.8. The molecule has 0 bridgehead atoms. The van der Waals surface area contributed by atoms with Crippen LogP contribution in [0.25, 0.3) is 0 Å². The number of carbonyl (C=O) groups is 2. The molecule has 1 aliphatic heterocycles. The predicted octanol–water partition coefficient (Wildman–Crippen LogP) is 7.54. The first kappa shape index (κ1) is 37.3. The number of esters is 2. The van der Waals surface area contributed by atoms with E-state index in [1.54, 1.807) is 35.6 Å². The van der Waals surface area contributed by atoms with Crippen molar-refractivity contribution in [1.29, 1.82) is 0 Å². The van der Waals surface area contributed by atoms with Crippen molar-refractivity contribution in [2.45, 2.75) is 111 Å². The monoisotopic (exact) mass is 673 g/mol. The normalized spacial score (nSPS) is 17.4. The highest BCUT2D eigenvalue weighted by molar-refractivity contribution is 5.94. The van der Waals surface area contributed by atoms with Crippen molar-refractivity contribution in [2.24, 2.45) is 15.2 Å². The molecule has 0 fully saturated rings. The Morgan fingerprint density at radius 2 is 1.49 bits per heavy atom. The third-order valence-corrected chi connectivity index (χ3v) is 9.37. The van der Waals surface area contributed by atoms with E-state index in [9.17, 15) is 14.7 Å². The number of carbonyl (C=O) groups excluding carboxylic acids is 2. The molecule has 2 unspecified atom stereocenters. The highest BCUT2D eigenvalue weighted by atomic mass is 16.5. The summed E-state index contributed by atoms with van der Waals surface area (Å²) in [7, 11) is 2.71. The fourth-order valence-electron chi connectivity index (χ4n) is 7.10. The molecule has 0 aromatic carbocycles. The van der Waals surface area contributed by atoms with Gasteiger partial charge in [-0.1, -0.05) is 45.9 Å². The van der Waals surface area contributed by atoms with Crippen LogP contribution in [0.1, 0.15) is 141 Å². The molecule has 0 saturated heterocycles. The first-order valence-electron chi connectivity index (χ1n) is 16.9. The van der Waals surface area contributed by atoms with Crippen molar-refractivity contribution in [3.05, 3.63) is 80.6 Å². The van der Waals surface area contributed by atoms with Gasteiger partial charge in [0.05, 0.1) is 48.1 Å². The third-order valence-electron chi connectivity index (χ3n) is 9.37. The van der Waals surface area contributed by atoms with Crippen molar-refractivity contribution >= 4 is 30.8 Å². The zero-order chi connectivity index (χ0) is 36.3. The summed E-state index contributed by atoms with van der Waals surface area (Å²) in [6.07, 6.45) is 15.6. The Morgan fingerprint density at radius 3 is 1.96 bits per heavy atom. The van der Waals surface area contributed by atoms with E-state index < -0.39 is 23.1 Å². The lowest BCUT2D eigenvalue weighted by Crippen LogP contribution is -2.33. The van der Waals surface area contributed by atoms with Crippen LogP contribution in [0.15, 0.2) is 50.8 Å². The van der Waals surface area contributed by atoms with Gasteiger partial charge < -0.3 is 19.3 Å². The molecule has 2 aromatic heterocycles. The van der Waals surface area contributed by atoms with Gasteiger partial charge in [-0.2, -0.15) is 5.10 Å². The molecule has 2 aromatic rings. The van der Waals surface area contributed by atoms with Crippen LogP contribution < -0.4 is 0 Å². The number of aliphatic hydroxyl groups is 1. The number of allylic oxidation sites excluding steroid dienone is 2. The summed E-state index contributed by atoms with van der Waals surface area (Å²) in [6, 6.07) is 0. The van der Waals surface area contributed by atoms with Crippen LogP contribution in [0.3, 0.4) is 0 Å². The number of hydrogen-bond donors (Lipinski definition) is 1. The molecular weight excluding hydrogens is 622 g/mol. The van der Waals surface area contributed by atoms with Gasteiger partial charge in [0.25, 0.3) is 0 Å². The van der Waals surface area contributed by atoms with Crippen LogP contribution in [0, 0.1) is 13.8 Å². The third kappa shape index (κ3) is 6.73. The lowest BCUT2D eigenvalue weighted by Gasteiger charge is -2.33.